The minimum absolute atomic E-state index is 0.0333. The van der Waals surface area contributed by atoms with Crippen molar-refractivity contribution in [2.24, 2.45) is 0 Å². The number of nitrogens with zero attached hydrogens (tertiary/aromatic N) is 1. The van der Waals surface area contributed by atoms with Crippen molar-refractivity contribution >= 4 is 18.0 Å². The van der Waals surface area contributed by atoms with Crippen LogP contribution in [0.4, 0.5) is 0 Å². The molecule has 0 aliphatic rings. The number of methoxy groups -OCH3 is 3. The van der Waals surface area contributed by atoms with Crippen LogP contribution in [0, 0.1) is 0 Å². The fraction of sp³-hybridized carbons (Fsp3) is 0.500. The molecule has 1 aromatic carbocycles. The van der Waals surface area contributed by atoms with Gasteiger partial charge in [-0.1, -0.05) is 0 Å². The molecule has 1 aromatic rings. The van der Waals surface area contributed by atoms with Gasteiger partial charge in [0.2, 0.25) is 5.75 Å². The number of esters is 1. The molecule has 0 saturated heterocycles. The minimum Gasteiger partial charge on any atom is -0.493 e. The zero-order valence-electron chi connectivity index (χ0n) is 17.1. The standard InChI is InChI=1S/C20H29NO6/c1-13(2)21(14(3)4)18(22)12-27-19(23)9-8-15-10-16(24-5)20(26-7)17(11-15)25-6/h8-11,13-14H,12H2,1-7H3. The summed E-state index contributed by atoms with van der Waals surface area (Å²) in [5.74, 6) is 0.584. The Morgan fingerprint density at radius 2 is 1.48 bits per heavy atom. The first-order valence-corrected chi connectivity index (χ1v) is 8.71. The monoisotopic (exact) mass is 379 g/mol. The van der Waals surface area contributed by atoms with Gasteiger partial charge in [-0.2, -0.15) is 0 Å². The molecule has 0 atom stereocenters. The number of amides is 1. The van der Waals surface area contributed by atoms with Crippen molar-refractivity contribution in [1.82, 2.24) is 4.90 Å². The molecular formula is C20H29NO6. The Labute approximate surface area is 160 Å². The average molecular weight is 379 g/mol. The lowest BCUT2D eigenvalue weighted by molar-refractivity contribution is -0.150. The molecule has 7 nitrogen and oxygen atoms in total. The second-order valence-electron chi connectivity index (χ2n) is 6.39. The summed E-state index contributed by atoms with van der Waals surface area (Å²) in [6.45, 7) is 7.39. The molecule has 0 spiro atoms. The third kappa shape index (κ3) is 6.20. The molecule has 0 heterocycles. The van der Waals surface area contributed by atoms with E-state index in [0.717, 1.165) is 0 Å². The largest absolute Gasteiger partial charge is 0.493 e. The Hall–Kier alpha value is -2.70. The number of ether oxygens (including phenoxy) is 4. The second-order valence-corrected chi connectivity index (χ2v) is 6.39. The topological polar surface area (TPSA) is 74.3 Å². The molecule has 150 valence electrons. The van der Waals surface area contributed by atoms with Crippen LogP contribution in [0.3, 0.4) is 0 Å². The summed E-state index contributed by atoms with van der Waals surface area (Å²) in [4.78, 5) is 25.8. The van der Waals surface area contributed by atoms with Gasteiger partial charge in [0.25, 0.3) is 5.91 Å². The van der Waals surface area contributed by atoms with Crippen LogP contribution in [0.2, 0.25) is 0 Å². The zero-order chi connectivity index (χ0) is 20.6. The molecule has 0 N–H and O–H groups in total. The molecule has 0 aromatic heterocycles. The van der Waals surface area contributed by atoms with Gasteiger partial charge in [-0.25, -0.2) is 4.79 Å². The van der Waals surface area contributed by atoms with Crippen molar-refractivity contribution in [2.45, 2.75) is 39.8 Å². The van der Waals surface area contributed by atoms with Crippen LogP contribution >= 0.6 is 0 Å². The van der Waals surface area contributed by atoms with Crippen molar-refractivity contribution < 1.29 is 28.5 Å². The molecule has 0 aliphatic carbocycles. The van der Waals surface area contributed by atoms with E-state index in [2.05, 4.69) is 0 Å². The maximum absolute atomic E-state index is 12.2. The lowest BCUT2D eigenvalue weighted by Crippen LogP contribution is -2.44. The molecule has 0 radical (unpaired) electrons. The molecule has 0 saturated carbocycles. The molecule has 1 amide bonds. The molecule has 7 heteroatoms. The van der Waals surface area contributed by atoms with Gasteiger partial charge in [0.15, 0.2) is 18.1 Å². The summed E-state index contributed by atoms with van der Waals surface area (Å²) in [6.07, 6.45) is 2.81. The van der Waals surface area contributed by atoms with Crippen molar-refractivity contribution in [3.8, 4) is 17.2 Å². The van der Waals surface area contributed by atoms with Gasteiger partial charge >= 0.3 is 5.97 Å². The van der Waals surface area contributed by atoms with E-state index < -0.39 is 5.97 Å². The lowest BCUT2D eigenvalue weighted by atomic mass is 10.1. The maximum atomic E-state index is 12.2. The highest BCUT2D eigenvalue weighted by Gasteiger charge is 2.20. The van der Waals surface area contributed by atoms with Crippen molar-refractivity contribution in [3.05, 3.63) is 23.8 Å². The highest BCUT2D eigenvalue weighted by molar-refractivity contribution is 5.89. The summed E-state index contributed by atoms with van der Waals surface area (Å²) in [6, 6.07) is 3.47. The van der Waals surface area contributed by atoms with Crippen molar-refractivity contribution in [3.63, 3.8) is 0 Å². The summed E-state index contributed by atoms with van der Waals surface area (Å²) < 4.78 is 20.9. The molecule has 0 unspecified atom stereocenters. The van der Waals surface area contributed by atoms with Crippen LogP contribution in [0.1, 0.15) is 33.3 Å². The number of benzene rings is 1. The number of carbonyl (C=O) groups excluding carboxylic acids is 2. The third-order valence-corrected chi connectivity index (χ3v) is 3.84. The first-order valence-electron chi connectivity index (χ1n) is 8.71. The fourth-order valence-electron chi connectivity index (χ4n) is 2.79. The van der Waals surface area contributed by atoms with E-state index in [0.29, 0.717) is 22.8 Å². The van der Waals surface area contributed by atoms with Crippen LogP contribution in [0.15, 0.2) is 18.2 Å². The molecular weight excluding hydrogens is 350 g/mol. The Balaban J connectivity index is 2.80. The van der Waals surface area contributed by atoms with Gasteiger partial charge in [0.1, 0.15) is 0 Å². The summed E-state index contributed by atoms with van der Waals surface area (Å²) >= 11 is 0. The highest BCUT2D eigenvalue weighted by Crippen LogP contribution is 2.38. The Morgan fingerprint density at radius 1 is 0.963 bits per heavy atom. The summed E-state index contributed by atoms with van der Waals surface area (Å²) in [5.41, 5.74) is 0.666. The Morgan fingerprint density at radius 3 is 1.89 bits per heavy atom. The summed E-state index contributed by atoms with van der Waals surface area (Å²) in [5, 5.41) is 0. The van der Waals surface area contributed by atoms with Crippen LogP contribution in [-0.4, -0.2) is 56.8 Å². The van der Waals surface area contributed by atoms with E-state index in [9.17, 15) is 9.59 Å². The van der Waals surface area contributed by atoms with Crippen LogP contribution in [0.5, 0.6) is 17.2 Å². The molecule has 27 heavy (non-hydrogen) atoms. The Bertz CT molecular complexity index is 648. The zero-order valence-corrected chi connectivity index (χ0v) is 17.1. The van der Waals surface area contributed by atoms with E-state index in [1.165, 1.54) is 27.4 Å². The number of rotatable bonds is 9. The number of hydrogen-bond donors (Lipinski definition) is 0. The molecule has 0 aliphatic heterocycles. The second kappa shape index (κ2) is 10.4. The fourth-order valence-corrected chi connectivity index (χ4v) is 2.79. The first-order chi connectivity index (χ1) is 12.7. The molecule has 0 bridgehead atoms. The molecule has 0 fully saturated rings. The molecule has 1 rings (SSSR count). The maximum Gasteiger partial charge on any atom is 0.331 e. The van der Waals surface area contributed by atoms with Crippen LogP contribution in [-0.2, 0) is 14.3 Å². The van der Waals surface area contributed by atoms with E-state index in [1.54, 1.807) is 23.1 Å². The van der Waals surface area contributed by atoms with Gasteiger partial charge in [0.05, 0.1) is 21.3 Å². The first kappa shape index (κ1) is 22.3. The van der Waals surface area contributed by atoms with Gasteiger partial charge in [-0.3, -0.25) is 4.79 Å². The van der Waals surface area contributed by atoms with Gasteiger partial charge < -0.3 is 23.8 Å². The van der Waals surface area contributed by atoms with Crippen LogP contribution < -0.4 is 14.2 Å². The van der Waals surface area contributed by atoms with Crippen molar-refractivity contribution in [1.29, 1.82) is 0 Å². The van der Waals surface area contributed by atoms with Gasteiger partial charge in [0, 0.05) is 18.2 Å². The Kier molecular flexibility index (Phi) is 8.65. The number of hydrogen-bond acceptors (Lipinski definition) is 6. The average Bonchev–Trinajstić information content (AvgIpc) is 2.62. The highest BCUT2D eigenvalue weighted by atomic mass is 16.5. The van der Waals surface area contributed by atoms with E-state index in [1.807, 2.05) is 27.7 Å². The SMILES string of the molecule is COc1cc(C=CC(=O)OCC(=O)N(C(C)C)C(C)C)cc(OC)c1OC. The van der Waals surface area contributed by atoms with E-state index in [4.69, 9.17) is 18.9 Å². The lowest BCUT2D eigenvalue weighted by Gasteiger charge is -2.30. The number of carbonyl (C=O) groups is 2. The predicted octanol–water partition coefficient (Wildman–Crippen LogP) is 2.91. The quantitative estimate of drug-likeness (QED) is 0.485. The van der Waals surface area contributed by atoms with E-state index in [-0.39, 0.29) is 24.6 Å². The van der Waals surface area contributed by atoms with Crippen molar-refractivity contribution in [2.75, 3.05) is 27.9 Å². The summed E-state index contributed by atoms with van der Waals surface area (Å²) in [7, 11) is 4.54. The third-order valence-electron chi connectivity index (χ3n) is 3.84. The van der Waals surface area contributed by atoms with Gasteiger partial charge in [-0.05, 0) is 51.5 Å². The van der Waals surface area contributed by atoms with Gasteiger partial charge in [-0.15, -0.1) is 0 Å². The minimum atomic E-state index is -0.607. The normalized spacial score (nSPS) is 11.0. The smallest absolute Gasteiger partial charge is 0.331 e. The predicted molar refractivity (Wildman–Crippen MR) is 103 cm³/mol. The van der Waals surface area contributed by atoms with Crippen LogP contribution in [0.25, 0.3) is 6.08 Å². The van der Waals surface area contributed by atoms with E-state index >= 15 is 0 Å².